The fraction of sp³-hybridized carbons (Fsp3) is 0.526. The molecule has 1 rings (SSSR count). The lowest BCUT2D eigenvalue weighted by Crippen LogP contribution is -2.48. The highest BCUT2D eigenvalue weighted by atomic mass is 32.1. The van der Waals surface area contributed by atoms with Crippen LogP contribution in [-0.2, 0) is 20.7 Å². The molecule has 0 aliphatic carbocycles. The van der Waals surface area contributed by atoms with Gasteiger partial charge >= 0.3 is 11.9 Å². The molecule has 0 aromatic heterocycles. The zero-order valence-corrected chi connectivity index (χ0v) is 16.5. The van der Waals surface area contributed by atoms with Crippen LogP contribution in [0.2, 0.25) is 0 Å². The van der Waals surface area contributed by atoms with E-state index < -0.39 is 29.9 Å². The molecule has 0 heterocycles. The van der Waals surface area contributed by atoms with E-state index in [1.165, 1.54) is 5.56 Å². The molecule has 4 N–H and O–H groups in total. The van der Waals surface area contributed by atoms with Gasteiger partial charge in [-0.05, 0) is 37.3 Å². The Kier molecular flexibility index (Phi) is 8.68. The first-order chi connectivity index (χ1) is 12.1. The van der Waals surface area contributed by atoms with Crippen LogP contribution in [0.3, 0.4) is 0 Å². The Morgan fingerprint density at radius 2 is 1.77 bits per heavy atom. The Morgan fingerprint density at radius 1 is 1.19 bits per heavy atom. The van der Waals surface area contributed by atoms with Crippen LogP contribution in [0.1, 0.15) is 44.7 Å². The van der Waals surface area contributed by atoms with E-state index >= 15 is 0 Å². The van der Waals surface area contributed by atoms with Gasteiger partial charge in [0.15, 0.2) is 6.04 Å². The summed E-state index contributed by atoms with van der Waals surface area (Å²) in [5.74, 6) is -1.57. The number of hydrogen-bond donors (Lipinski definition) is 3. The minimum absolute atomic E-state index is 0.210. The molecule has 0 bridgehead atoms. The van der Waals surface area contributed by atoms with Crippen molar-refractivity contribution >= 4 is 29.1 Å². The quantitative estimate of drug-likeness (QED) is 0.446. The fourth-order valence-corrected chi connectivity index (χ4v) is 2.46. The summed E-state index contributed by atoms with van der Waals surface area (Å²) in [5.41, 5.74) is 7.64. The summed E-state index contributed by atoms with van der Waals surface area (Å²) < 4.78 is 5.17. The highest BCUT2D eigenvalue weighted by Crippen LogP contribution is 2.19. The Bertz CT molecular complexity index is 629. The van der Waals surface area contributed by atoms with Crippen LogP contribution in [0.4, 0.5) is 0 Å². The van der Waals surface area contributed by atoms with Crippen molar-refractivity contribution in [3.8, 4) is 0 Å². The number of nitrogens with two attached hydrogens (primary N) is 1. The number of thiocarbonyl (C=S) groups is 1. The van der Waals surface area contributed by atoms with Crippen molar-refractivity contribution in [1.82, 2.24) is 5.32 Å². The molecule has 1 aromatic carbocycles. The highest BCUT2D eigenvalue weighted by molar-refractivity contribution is 7.80. The number of rotatable bonds is 9. The lowest BCUT2D eigenvalue weighted by Gasteiger charge is -2.19. The fourth-order valence-electron chi connectivity index (χ4n) is 2.32. The summed E-state index contributed by atoms with van der Waals surface area (Å²) in [6, 6.07) is 6.21. The average Bonchev–Trinajstić information content (AvgIpc) is 2.57. The summed E-state index contributed by atoms with van der Waals surface area (Å²) in [6.07, 6.45) is 0.977. The number of carbonyl (C=O) groups excluding carboxylic acids is 1. The number of benzene rings is 1. The largest absolute Gasteiger partial charge is 0.480 e. The standard InChI is InChI=1S/C19H28N2O4S/c1-11(2)9-14-5-7-15(8-6-14)12(3)19(24)25-10-16(18(22)23)21-17(26)13(4)20/h5-8,11-13,16H,9-10,20H2,1-4H3,(H,21,26)(H,22,23)/t12-,13-,16-/m0/s1. The van der Waals surface area contributed by atoms with Gasteiger partial charge < -0.3 is 20.9 Å². The second-order valence-corrected chi connectivity index (χ2v) is 7.32. The van der Waals surface area contributed by atoms with Gasteiger partial charge in [-0.15, -0.1) is 0 Å². The van der Waals surface area contributed by atoms with Crippen LogP contribution in [0.5, 0.6) is 0 Å². The number of carbonyl (C=O) groups is 2. The summed E-state index contributed by atoms with van der Waals surface area (Å²) in [6.45, 7) is 7.35. The minimum Gasteiger partial charge on any atom is -0.480 e. The predicted molar refractivity (Wildman–Crippen MR) is 105 cm³/mol. The average molecular weight is 381 g/mol. The normalized spacial score (nSPS) is 14.4. The van der Waals surface area contributed by atoms with Crippen molar-refractivity contribution < 1.29 is 19.4 Å². The maximum Gasteiger partial charge on any atom is 0.329 e. The van der Waals surface area contributed by atoms with Gasteiger partial charge in [-0.25, -0.2) is 4.79 Å². The van der Waals surface area contributed by atoms with Crippen LogP contribution in [0.15, 0.2) is 24.3 Å². The van der Waals surface area contributed by atoms with Gasteiger partial charge in [-0.3, -0.25) is 4.79 Å². The Labute approximate surface area is 160 Å². The van der Waals surface area contributed by atoms with Crippen molar-refractivity contribution in [3.63, 3.8) is 0 Å². The molecule has 1 aromatic rings. The third kappa shape index (κ3) is 7.09. The van der Waals surface area contributed by atoms with Gasteiger partial charge in [0.1, 0.15) is 6.61 Å². The first-order valence-electron chi connectivity index (χ1n) is 8.66. The molecule has 0 aliphatic rings. The summed E-state index contributed by atoms with van der Waals surface area (Å²) >= 11 is 4.98. The Hall–Kier alpha value is -1.99. The SMILES string of the molecule is CC(C)Cc1ccc([C@H](C)C(=O)OC[C@H](NC(=S)[C@H](C)N)C(=O)O)cc1. The van der Waals surface area contributed by atoms with Crippen LogP contribution >= 0.6 is 12.2 Å². The third-order valence-corrected chi connectivity index (χ3v) is 4.39. The maximum absolute atomic E-state index is 12.3. The first-order valence-corrected chi connectivity index (χ1v) is 9.06. The molecule has 0 saturated heterocycles. The van der Waals surface area contributed by atoms with E-state index in [1.54, 1.807) is 13.8 Å². The van der Waals surface area contributed by atoms with E-state index in [0.717, 1.165) is 12.0 Å². The first kappa shape index (κ1) is 22.1. The van der Waals surface area contributed by atoms with Crippen molar-refractivity contribution in [1.29, 1.82) is 0 Å². The third-order valence-electron chi connectivity index (χ3n) is 3.90. The van der Waals surface area contributed by atoms with E-state index in [9.17, 15) is 14.7 Å². The number of aliphatic carboxylic acids is 1. The number of carboxylic acids is 1. The lowest BCUT2D eigenvalue weighted by molar-refractivity contribution is -0.149. The molecule has 0 fully saturated rings. The molecule has 0 amide bonds. The number of esters is 1. The molecule has 6 nitrogen and oxygen atoms in total. The molecule has 26 heavy (non-hydrogen) atoms. The lowest BCUT2D eigenvalue weighted by atomic mass is 9.97. The topological polar surface area (TPSA) is 102 Å². The molecule has 0 saturated carbocycles. The number of carboxylic acid groups (broad SMARTS) is 1. The van der Waals surface area contributed by atoms with Crippen LogP contribution < -0.4 is 11.1 Å². The number of nitrogens with one attached hydrogen (secondary N) is 1. The molecule has 3 atom stereocenters. The summed E-state index contributed by atoms with van der Waals surface area (Å²) in [4.78, 5) is 23.7. The van der Waals surface area contributed by atoms with Gasteiger partial charge in [0.25, 0.3) is 0 Å². The van der Waals surface area contributed by atoms with Gasteiger partial charge in [0.05, 0.1) is 16.9 Å². The summed E-state index contributed by atoms with van der Waals surface area (Å²) in [7, 11) is 0. The van der Waals surface area contributed by atoms with Crippen molar-refractivity contribution in [2.24, 2.45) is 11.7 Å². The predicted octanol–water partition coefficient (Wildman–Crippen LogP) is 2.25. The van der Waals surface area contributed by atoms with Gasteiger partial charge in [0, 0.05) is 0 Å². The number of ether oxygens (including phenoxy) is 1. The van der Waals surface area contributed by atoms with Crippen LogP contribution in [0.25, 0.3) is 0 Å². The van der Waals surface area contributed by atoms with Crippen LogP contribution in [0, 0.1) is 5.92 Å². The zero-order chi connectivity index (χ0) is 19.9. The molecular weight excluding hydrogens is 352 g/mol. The van der Waals surface area contributed by atoms with E-state index in [2.05, 4.69) is 19.2 Å². The summed E-state index contributed by atoms with van der Waals surface area (Å²) in [5, 5.41) is 11.8. The number of hydrogen-bond acceptors (Lipinski definition) is 5. The van der Waals surface area contributed by atoms with Gasteiger partial charge in [-0.2, -0.15) is 0 Å². The molecule has 0 aliphatic heterocycles. The van der Waals surface area contributed by atoms with E-state index in [-0.39, 0.29) is 11.6 Å². The monoisotopic (exact) mass is 380 g/mol. The van der Waals surface area contributed by atoms with E-state index in [1.807, 2.05) is 24.3 Å². The van der Waals surface area contributed by atoms with Crippen LogP contribution in [-0.4, -0.2) is 40.7 Å². The smallest absolute Gasteiger partial charge is 0.329 e. The highest BCUT2D eigenvalue weighted by Gasteiger charge is 2.24. The van der Waals surface area contributed by atoms with Crippen molar-refractivity contribution in [3.05, 3.63) is 35.4 Å². The second kappa shape index (κ2) is 10.2. The Balaban J connectivity index is 2.64. The van der Waals surface area contributed by atoms with Crippen molar-refractivity contribution in [2.45, 2.75) is 52.1 Å². The second-order valence-electron chi connectivity index (χ2n) is 6.88. The van der Waals surface area contributed by atoms with Gasteiger partial charge in [0.2, 0.25) is 0 Å². The molecule has 7 heteroatoms. The molecule has 144 valence electrons. The van der Waals surface area contributed by atoms with Gasteiger partial charge in [-0.1, -0.05) is 50.3 Å². The maximum atomic E-state index is 12.3. The van der Waals surface area contributed by atoms with Crippen molar-refractivity contribution in [2.75, 3.05) is 6.61 Å². The zero-order valence-electron chi connectivity index (χ0n) is 15.7. The molecule has 0 spiro atoms. The molecular formula is C19H28N2O4S. The van der Waals surface area contributed by atoms with E-state index in [4.69, 9.17) is 22.7 Å². The molecule has 0 unspecified atom stereocenters. The Morgan fingerprint density at radius 3 is 2.23 bits per heavy atom. The molecule has 0 radical (unpaired) electrons. The van der Waals surface area contributed by atoms with E-state index in [0.29, 0.717) is 5.92 Å². The minimum atomic E-state index is -1.16.